The number of ether oxygens (including phenoxy) is 1. The van der Waals surface area contributed by atoms with Gasteiger partial charge in [0.05, 0.1) is 24.9 Å². The molecule has 134 valence electrons. The van der Waals surface area contributed by atoms with Crippen LogP contribution in [0.15, 0.2) is 24.4 Å². The second-order valence-corrected chi connectivity index (χ2v) is 5.93. The normalized spacial score (nSPS) is 14.0. The van der Waals surface area contributed by atoms with E-state index < -0.39 is 17.8 Å². The van der Waals surface area contributed by atoms with Crippen LogP contribution in [0.3, 0.4) is 0 Å². The number of anilines is 1. The summed E-state index contributed by atoms with van der Waals surface area (Å²) in [6, 6.07) is 3.92. The van der Waals surface area contributed by atoms with Crippen LogP contribution in [0, 0.1) is 11.7 Å². The number of hydrogen-bond acceptors (Lipinski definition) is 5. The van der Waals surface area contributed by atoms with E-state index in [0.29, 0.717) is 29.9 Å². The average Bonchev–Trinajstić information content (AvgIpc) is 3.43. The number of halogens is 3. The lowest BCUT2D eigenvalue weighted by Gasteiger charge is -2.14. The smallest absolute Gasteiger partial charge is 0.266 e. The van der Waals surface area contributed by atoms with E-state index in [9.17, 15) is 13.2 Å². The Bertz CT molecular complexity index is 738. The fourth-order valence-corrected chi connectivity index (χ4v) is 2.31. The summed E-state index contributed by atoms with van der Waals surface area (Å²) >= 11 is 0. The van der Waals surface area contributed by atoms with Crippen molar-refractivity contribution < 1.29 is 17.9 Å². The first-order valence-electron chi connectivity index (χ1n) is 8.06. The Kier molecular flexibility index (Phi) is 5.37. The summed E-state index contributed by atoms with van der Waals surface area (Å²) < 4.78 is 45.4. The molecule has 1 aliphatic rings. The molecule has 0 saturated heterocycles. The van der Waals surface area contributed by atoms with E-state index in [1.54, 1.807) is 0 Å². The fraction of sp³-hybridized carbons (Fsp3) is 0.412. The van der Waals surface area contributed by atoms with E-state index in [2.05, 4.69) is 15.3 Å². The van der Waals surface area contributed by atoms with E-state index in [1.165, 1.54) is 18.3 Å². The molecule has 1 heterocycles. The van der Waals surface area contributed by atoms with Gasteiger partial charge in [0.2, 0.25) is 0 Å². The van der Waals surface area contributed by atoms with Gasteiger partial charge in [0, 0.05) is 12.1 Å². The van der Waals surface area contributed by atoms with Crippen molar-refractivity contribution in [1.82, 2.24) is 9.97 Å². The molecule has 1 aromatic carbocycles. The van der Waals surface area contributed by atoms with E-state index in [4.69, 9.17) is 10.5 Å². The van der Waals surface area contributed by atoms with Crippen LogP contribution in [-0.4, -0.2) is 16.6 Å². The van der Waals surface area contributed by atoms with Crippen LogP contribution in [0.5, 0.6) is 5.75 Å². The molecule has 25 heavy (non-hydrogen) atoms. The number of aromatic nitrogens is 2. The van der Waals surface area contributed by atoms with Crippen molar-refractivity contribution in [3.05, 3.63) is 47.2 Å². The first-order valence-corrected chi connectivity index (χ1v) is 8.06. The molecular formula is C17H19F3N4O. The van der Waals surface area contributed by atoms with Gasteiger partial charge in [-0.2, -0.15) is 0 Å². The summed E-state index contributed by atoms with van der Waals surface area (Å²) in [6.07, 6.45) is 0.929. The Balaban J connectivity index is 1.76. The number of benzene rings is 1. The quantitative estimate of drug-likeness (QED) is 0.762. The highest BCUT2D eigenvalue weighted by Gasteiger charge is 2.23. The van der Waals surface area contributed by atoms with Gasteiger partial charge in [-0.25, -0.2) is 23.1 Å². The van der Waals surface area contributed by atoms with Crippen LogP contribution >= 0.6 is 0 Å². The van der Waals surface area contributed by atoms with E-state index in [1.807, 2.05) is 0 Å². The molecule has 1 fully saturated rings. The number of alkyl halides is 2. The zero-order valence-electron chi connectivity index (χ0n) is 13.5. The fourth-order valence-electron chi connectivity index (χ4n) is 2.31. The molecule has 5 nitrogen and oxygen atoms in total. The molecule has 1 aromatic heterocycles. The van der Waals surface area contributed by atoms with E-state index in [0.717, 1.165) is 18.9 Å². The van der Waals surface area contributed by atoms with Crippen LogP contribution in [0.25, 0.3) is 0 Å². The topological polar surface area (TPSA) is 73.1 Å². The number of hydrogen-bond donors (Lipinski definition) is 2. The van der Waals surface area contributed by atoms with Gasteiger partial charge in [-0.05, 0) is 18.8 Å². The zero-order valence-corrected chi connectivity index (χ0v) is 13.5. The Hall–Kier alpha value is -2.35. The zero-order chi connectivity index (χ0) is 17.8. The van der Waals surface area contributed by atoms with E-state index in [-0.39, 0.29) is 18.7 Å². The van der Waals surface area contributed by atoms with Crippen LogP contribution in [0.2, 0.25) is 0 Å². The van der Waals surface area contributed by atoms with Crippen molar-refractivity contribution >= 4 is 5.82 Å². The molecule has 0 unspecified atom stereocenters. The second-order valence-electron chi connectivity index (χ2n) is 5.93. The third kappa shape index (κ3) is 4.39. The largest absolute Gasteiger partial charge is 0.488 e. The van der Waals surface area contributed by atoms with Crippen molar-refractivity contribution in [1.29, 1.82) is 0 Å². The third-order valence-corrected chi connectivity index (χ3v) is 3.95. The van der Waals surface area contributed by atoms with Gasteiger partial charge in [-0.15, -0.1) is 0 Å². The summed E-state index contributed by atoms with van der Waals surface area (Å²) in [5, 5.41) is 2.94. The monoisotopic (exact) mass is 352 g/mol. The lowest BCUT2D eigenvalue weighted by molar-refractivity contribution is 0.146. The maximum absolute atomic E-state index is 14.1. The Labute approximate surface area is 143 Å². The van der Waals surface area contributed by atoms with Crippen molar-refractivity contribution in [2.75, 3.05) is 11.9 Å². The molecule has 3 rings (SSSR count). The van der Waals surface area contributed by atoms with Gasteiger partial charge < -0.3 is 15.8 Å². The minimum absolute atomic E-state index is 0.00674. The van der Waals surface area contributed by atoms with Crippen molar-refractivity contribution in [3.63, 3.8) is 0 Å². The minimum atomic E-state index is -2.86. The van der Waals surface area contributed by atoms with Gasteiger partial charge in [0.15, 0.2) is 11.6 Å². The van der Waals surface area contributed by atoms with Gasteiger partial charge in [-0.3, -0.25) is 0 Å². The molecule has 0 radical (unpaired) electrons. The highest BCUT2D eigenvalue weighted by molar-refractivity contribution is 5.49. The predicted octanol–water partition coefficient (Wildman–Crippen LogP) is 3.41. The molecule has 0 atom stereocenters. The Morgan fingerprint density at radius 1 is 1.32 bits per heavy atom. The van der Waals surface area contributed by atoms with Crippen LogP contribution in [-0.2, 0) is 13.1 Å². The summed E-state index contributed by atoms with van der Waals surface area (Å²) in [5.74, 6) is 0.844. The molecule has 3 N–H and O–H groups in total. The SMILES string of the molecule is NCc1ncc(OCC2CC2)c(NCc2cccc(C(F)F)c2F)n1. The third-order valence-electron chi connectivity index (χ3n) is 3.95. The molecule has 0 bridgehead atoms. The first-order chi connectivity index (χ1) is 12.1. The molecule has 0 amide bonds. The molecule has 1 aliphatic carbocycles. The number of rotatable bonds is 8. The molecule has 2 aromatic rings. The number of nitrogens with zero attached hydrogens (tertiary/aromatic N) is 2. The lowest BCUT2D eigenvalue weighted by Crippen LogP contribution is -2.11. The maximum Gasteiger partial charge on any atom is 0.266 e. The summed E-state index contributed by atoms with van der Waals surface area (Å²) in [7, 11) is 0. The Morgan fingerprint density at radius 3 is 2.80 bits per heavy atom. The summed E-state index contributed by atoms with van der Waals surface area (Å²) in [5.41, 5.74) is 5.06. The maximum atomic E-state index is 14.1. The van der Waals surface area contributed by atoms with Crippen LogP contribution in [0.4, 0.5) is 19.0 Å². The predicted molar refractivity (Wildman–Crippen MR) is 86.8 cm³/mol. The standard InChI is InChI=1S/C17H19F3N4O/c18-15-11(2-1-3-12(15)16(19)20)7-23-17-13(25-9-10-4-5-10)8-22-14(6-21)24-17/h1-3,8,10,16H,4-7,9,21H2,(H,22,23,24). The highest BCUT2D eigenvalue weighted by Crippen LogP contribution is 2.31. The molecule has 8 heteroatoms. The lowest BCUT2D eigenvalue weighted by atomic mass is 10.1. The highest BCUT2D eigenvalue weighted by atomic mass is 19.3. The van der Waals surface area contributed by atoms with Crippen molar-refractivity contribution in [3.8, 4) is 5.75 Å². The minimum Gasteiger partial charge on any atom is -0.488 e. The summed E-state index contributed by atoms with van der Waals surface area (Å²) in [6.45, 7) is 0.704. The van der Waals surface area contributed by atoms with Crippen LogP contribution in [0.1, 0.15) is 36.2 Å². The van der Waals surface area contributed by atoms with Crippen LogP contribution < -0.4 is 15.8 Å². The molecule has 0 aliphatic heterocycles. The van der Waals surface area contributed by atoms with Gasteiger partial charge in [0.25, 0.3) is 6.43 Å². The second kappa shape index (κ2) is 7.69. The van der Waals surface area contributed by atoms with Crippen molar-refractivity contribution in [2.24, 2.45) is 11.7 Å². The number of nitrogens with two attached hydrogens (primary N) is 1. The van der Waals surface area contributed by atoms with Gasteiger partial charge in [-0.1, -0.05) is 18.2 Å². The van der Waals surface area contributed by atoms with Gasteiger partial charge >= 0.3 is 0 Å². The molecule has 1 saturated carbocycles. The average molecular weight is 352 g/mol. The Morgan fingerprint density at radius 2 is 2.12 bits per heavy atom. The summed E-state index contributed by atoms with van der Waals surface area (Å²) in [4.78, 5) is 8.34. The molecular weight excluding hydrogens is 333 g/mol. The molecule has 0 spiro atoms. The van der Waals surface area contributed by atoms with Gasteiger partial charge in [0.1, 0.15) is 11.6 Å². The van der Waals surface area contributed by atoms with Crippen molar-refractivity contribution in [2.45, 2.75) is 32.4 Å². The van der Waals surface area contributed by atoms with E-state index >= 15 is 0 Å². The first kappa shape index (κ1) is 17.5. The number of nitrogens with one attached hydrogen (secondary N) is 1.